The van der Waals surface area contributed by atoms with E-state index in [1.54, 1.807) is 36.0 Å². The normalized spacial score (nSPS) is 13.9. The lowest BCUT2D eigenvalue weighted by molar-refractivity contribution is -0.143. The van der Waals surface area contributed by atoms with Gasteiger partial charge in [0, 0.05) is 15.2 Å². The van der Waals surface area contributed by atoms with Crippen molar-refractivity contribution in [2.45, 2.75) is 67.6 Å². The van der Waals surface area contributed by atoms with Gasteiger partial charge in [0.1, 0.15) is 0 Å². The zero-order valence-electron chi connectivity index (χ0n) is 21.3. The lowest BCUT2D eigenvalue weighted by Gasteiger charge is -2.26. The molecule has 4 rings (SSSR count). The quantitative estimate of drug-likeness (QED) is 0.0720. The van der Waals surface area contributed by atoms with Crippen molar-refractivity contribution in [3.05, 3.63) is 70.8 Å². The number of carbonyl (C=O) groups is 2. The molecule has 1 aliphatic rings. The van der Waals surface area contributed by atoms with Crippen molar-refractivity contribution in [2.75, 3.05) is 5.75 Å². The van der Waals surface area contributed by atoms with Crippen molar-refractivity contribution in [1.82, 2.24) is 5.06 Å². The molecule has 0 saturated heterocycles. The van der Waals surface area contributed by atoms with Crippen LogP contribution >= 0.6 is 23.8 Å². The fourth-order valence-electron chi connectivity index (χ4n) is 4.36. The molecular weight excluding hydrogens is 576 g/mol. The van der Waals surface area contributed by atoms with Gasteiger partial charge in [0.2, 0.25) is 0 Å². The van der Waals surface area contributed by atoms with E-state index in [1.807, 2.05) is 0 Å². The molecule has 3 aromatic rings. The highest BCUT2D eigenvalue weighted by Crippen LogP contribution is 2.40. The molecule has 0 saturated carbocycles. The highest BCUT2D eigenvalue weighted by atomic mass is 32.2. The monoisotopic (exact) mass is 601 g/mol. The van der Waals surface area contributed by atoms with Gasteiger partial charge in [0.05, 0.1) is 34.3 Å². The summed E-state index contributed by atoms with van der Waals surface area (Å²) in [5, 5.41) is 1.51. The third kappa shape index (κ3) is 6.77. The number of thioether (sulfide) groups is 1. The van der Waals surface area contributed by atoms with Crippen LogP contribution in [0.5, 0.6) is 0 Å². The summed E-state index contributed by atoms with van der Waals surface area (Å²) >= 11 is 1.69. The largest absolute Gasteiger partial charge is 0.416 e. The number of rotatable bonds is 11. The van der Waals surface area contributed by atoms with E-state index in [0.717, 1.165) is 23.5 Å². The highest BCUT2D eigenvalue weighted by Gasteiger charge is 2.38. The van der Waals surface area contributed by atoms with Crippen LogP contribution in [0.3, 0.4) is 0 Å². The van der Waals surface area contributed by atoms with E-state index < -0.39 is 40.2 Å². The summed E-state index contributed by atoms with van der Waals surface area (Å²) in [5.41, 5.74) is -2.78. The zero-order chi connectivity index (χ0) is 29.1. The van der Waals surface area contributed by atoms with Crippen molar-refractivity contribution in [3.8, 4) is 0 Å². The Morgan fingerprint density at radius 1 is 0.775 bits per heavy atom. The van der Waals surface area contributed by atoms with Crippen LogP contribution in [0.15, 0.2) is 58.3 Å². The third-order valence-electron chi connectivity index (χ3n) is 6.36. The van der Waals surface area contributed by atoms with Crippen LogP contribution in [-0.2, 0) is 16.6 Å². The molecule has 2 amide bonds. The third-order valence-corrected chi connectivity index (χ3v) is 8.17. The Kier molecular flexibility index (Phi) is 9.41. The first kappa shape index (κ1) is 30.3. The molecule has 214 valence electrons. The number of hydrogen-bond acceptors (Lipinski definition) is 5. The maximum absolute atomic E-state index is 13.2. The Morgan fingerprint density at radius 3 is 2.00 bits per heavy atom. The Balaban J connectivity index is 1.53. The molecular formula is C28H25F6NO3S2. The van der Waals surface area contributed by atoms with Gasteiger partial charge >= 0.3 is 12.4 Å². The number of alkyl halides is 6. The maximum atomic E-state index is 13.2. The molecule has 0 fully saturated rings. The Hall–Kier alpha value is -2.70. The summed E-state index contributed by atoms with van der Waals surface area (Å²) in [7, 11) is 0. The number of benzene rings is 3. The van der Waals surface area contributed by atoms with Crippen LogP contribution in [0.2, 0.25) is 0 Å². The van der Waals surface area contributed by atoms with Gasteiger partial charge in [0.25, 0.3) is 11.8 Å². The molecule has 0 bridgehead atoms. The van der Waals surface area contributed by atoms with E-state index in [0.29, 0.717) is 28.0 Å². The summed E-state index contributed by atoms with van der Waals surface area (Å²) in [5.74, 6) is -0.858. The van der Waals surface area contributed by atoms with Crippen LogP contribution in [0.4, 0.5) is 26.3 Å². The first-order chi connectivity index (χ1) is 18.9. The van der Waals surface area contributed by atoms with E-state index in [1.165, 1.54) is 31.7 Å². The Bertz CT molecular complexity index is 1350. The average Bonchev–Trinajstić information content (AvgIpc) is 2.90. The number of imide groups is 1. The van der Waals surface area contributed by atoms with Crippen molar-refractivity contribution >= 4 is 46.4 Å². The van der Waals surface area contributed by atoms with E-state index in [-0.39, 0.29) is 29.2 Å². The second-order valence-electron chi connectivity index (χ2n) is 9.26. The minimum absolute atomic E-state index is 0.0136. The second kappa shape index (κ2) is 12.4. The number of halogens is 6. The van der Waals surface area contributed by atoms with Crippen LogP contribution in [0.1, 0.15) is 77.3 Å². The van der Waals surface area contributed by atoms with Gasteiger partial charge in [-0.2, -0.15) is 30.6 Å². The predicted molar refractivity (Wildman–Crippen MR) is 142 cm³/mol. The fourth-order valence-corrected chi connectivity index (χ4v) is 6.06. The minimum atomic E-state index is -5.05. The summed E-state index contributed by atoms with van der Waals surface area (Å²) in [6.45, 7) is 2.16. The molecule has 40 heavy (non-hydrogen) atoms. The molecule has 0 spiro atoms. The van der Waals surface area contributed by atoms with Crippen molar-refractivity contribution in [2.24, 2.45) is 0 Å². The summed E-state index contributed by atoms with van der Waals surface area (Å²) in [6.07, 6.45) is -3.17. The summed E-state index contributed by atoms with van der Waals surface area (Å²) in [4.78, 5) is 26.7. The zero-order valence-corrected chi connectivity index (χ0v) is 23.0. The molecule has 1 aliphatic heterocycles. The number of nitrogens with zero attached hydrogens (tertiary/aromatic N) is 1. The van der Waals surface area contributed by atoms with Crippen LogP contribution < -0.4 is 0 Å². The minimum Gasteiger partial charge on any atom is -0.266 e. The van der Waals surface area contributed by atoms with Crippen LogP contribution in [0.25, 0.3) is 10.8 Å². The average molecular weight is 602 g/mol. The molecule has 0 unspecified atom stereocenters. The molecule has 1 heterocycles. The van der Waals surface area contributed by atoms with Gasteiger partial charge in [-0.15, -0.1) is 16.8 Å². The first-order valence-electron chi connectivity index (χ1n) is 12.6. The smallest absolute Gasteiger partial charge is 0.266 e. The number of carbonyl (C=O) groups excluding carboxylic acids is 2. The standard InChI is InChI=1S/C28H25F6NO3S2/c1-2-3-4-5-6-7-13-39-23-12-11-22-24-20(23)9-8-10-21(24)25(36)35(26(22)37)38-40-19-15-17(27(29,30)31)14-18(16-19)28(32,33)34/h8-12,14-16H,2-7,13H2,1H3. The number of unbranched alkanes of at least 4 members (excludes halogenated alkanes) is 5. The molecule has 4 nitrogen and oxygen atoms in total. The van der Waals surface area contributed by atoms with Crippen LogP contribution in [0, 0.1) is 0 Å². The SMILES string of the molecule is CCCCCCCCSc1ccc2c3c(cccc13)C(=O)N(OSc1cc(C(F)(F)F)cc(C(F)(F)F)c1)C2=O. The number of hydrogen-bond donors (Lipinski definition) is 0. The van der Waals surface area contributed by atoms with Crippen molar-refractivity contribution in [1.29, 1.82) is 0 Å². The van der Waals surface area contributed by atoms with Gasteiger partial charge in [-0.05, 0) is 54.0 Å². The van der Waals surface area contributed by atoms with Gasteiger partial charge in [-0.25, -0.2) is 0 Å². The molecule has 12 heteroatoms. The lowest BCUT2D eigenvalue weighted by atomic mass is 9.95. The fraction of sp³-hybridized carbons (Fsp3) is 0.357. The van der Waals surface area contributed by atoms with Crippen molar-refractivity contribution < 1.29 is 40.2 Å². The summed E-state index contributed by atoms with van der Waals surface area (Å²) < 4.78 is 84.4. The number of amides is 2. The highest BCUT2D eigenvalue weighted by molar-refractivity contribution is 7.99. The van der Waals surface area contributed by atoms with E-state index in [9.17, 15) is 35.9 Å². The Labute approximate surface area is 235 Å². The molecule has 0 N–H and O–H groups in total. The lowest BCUT2D eigenvalue weighted by Crippen LogP contribution is -2.38. The second-order valence-corrected chi connectivity index (χ2v) is 11.2. The van der Waals surface area contributed by atoms with Gasteiger partial charge in [0.15, 0.2) is 0 Å². The molecule has 0 aromatic heterocycles. The number of hydroxylamine groups is 2. The van der Waals surface area contributed by atoms with Gasteiger partial charge in [-0.1, -0.05) is 51.2 Å². The molecule has 0 atom stereocenters. The van der Waals surface area contributed by atoms with E-state index in [2.05, 4.69) is 6.92 Å². The molecule has 0 aliphatic carbocycles. The molecule has 3 aromatic carbocycles. The van der Waals surface area contributed by atoms with Gasteiger partial charge < -0.3 is 0 Å². The predicted octanol–water partition coefficient (Wildman–Crippen LogP) is 9.56. The van der Waals surface area contributed by atoms with Gasteiger partial charge in [-0.3, -0.25) is 9.59 Å². The van der Waals surface area contributed by atoms with E-state index >= 15 is 0 Å². The van der Waals surface area contributed by atoms with E-state index in [4.69, 9.17) is 4.28 Å². The first-order valence-corrected chi connectivity index (χ1v) is 14.4. The summed E-state index contributed by atoms with van der Waals surface area (Å²) in [6, 6.07) is 9.18. The van der Waals surface area contributed by atoms with Crippen LogP contribution in [-0.4, -0.2) is 22.6 Å². The topological polar surface area (TPSA) is 46.6 Å². The molecule has 0 radical (unpaired) electrons. The van der Waals surface area contributed by atoms with Crippen molar-refractivity contribution in [3.63, 3.8) is 0 Å². The Morgan fingerprint density at radius 2 is 1.38 bits per heavy atom. The maximum Gasteiger partial charge on any atom is 0.416 e.